The second-order valence-corrected chi connectivity index (χ2v) is 19.1. The Kier molecular flexibility index (Phi) is 17.2. The van der Waals surface area contributed by atoms with Gasteiger partial charge in [-0.1, -0.05) is 48.8 Å². The number of aliphatic hydroxyl groups excluding tert-OH is 2. The number of aliphatic hydroxyl groups is 2. The molecule has 1 fully saturated rings. The number of rotatable bonds is 23. The first-order valence-corrected chi connectivity index (χ1v) is 22.9. The van der Waals surface area contributed by atoms with Crippen LogP contribution in [0.3, 0.4) is 0 Å². The minimum absolute atomic E-state index is 0.0704. The zero-order chi connectivity index (χ0) is 39.6. The molecular formula is C26H45N6O16P3S2. The number of nitrogens with one attached hydrogen (secondary N) is 2. The Hall–Kier alpha value is -1.69. The number of anilines is 1. The van der Waals surface area contributed by atoms with Crippen LogP contribution in [0.4, 0.5) is 5.69 Å². The number of nitrogens with two attached hydrogens (primary N) is 1. The van der Waals surface area contributed by atoms with Gasteiger partial charge in [0, 0.05) is 42.6 Å². The first-order chi connectivity index (χ1) is 24.7. The van der Waals surface area contributed by atoms with Crippen LogP contribution in [0.15, 0.2) is 18.6 Å². The molecule has 10 N–H and O–H groups in total. The molecule has 7 atom stereocenters. The van der Waals surface area contributed by atoms with E-state index in [2.05, 4.69) is 36.4 Å². The smallest absolute Gasteiger partial charge is 0.397 e. The van der Waals surface area contributed by atoms with E-state index in [0.29, 0.717) is 12.3 Å². The molecule has 1 aliphatic heterocycles. The molecule has 53 heavy (non-hydrogen) atoms. The summed E-state index contributed by atoms with van der Waals surface area (Å²) in [5, 5.41) is 26.5. The molecule has 3 unspecified atom stereocenters. The summed E-state index contributed by atoms with van der Waals surface area (Å²) in [4.78, 5) is 71.9. The van der Waals surface area contributed by atoms with Gasteiger partial charge in [-0.25, -0.2) is 23.7 Å². The highest BCUT2D eigenvalue weighted by Crippen LogP contribution is 2.61. The SMILES string of the molecule is CCCCSSCCNC(=O)CCNC(=O)[C@@H](O)C(C)(C)COP(=O)(O)OP(=O)(O)OC[C@H]1O[C@@H](n2cnc3c(N)ccnc32)C(O)[C@H]1OP(=O)(O)O. The Balaban J connectivity index is 1.51. The second-order valence-electron chi connectivity index (χ2n) is 12.2. The number of phosphoric ester groups is 3. The molecule has 0 aromatic carbocycles. The average Bonchev–Trinajstić information content (AvgIpc) is 3.62. The van der Waals surface area contributed by atoms with Crippen molar-refractivity contribution in [3.63, 3.8) is 0 Å². The summed E-state index contributed by atoms with van der Waals surface area (Å²) in [5.41, 5.74) is 4.83. The summed E-state index contributed by atoms with van der Waals surface area (Å²) in [6, 6.07) is 1.45. The molecule has 302 valence electrons. The number of carbonyl (C=O) groups excluding carboxylic acids is 2. The normalized spacial score (nSPS) is 22.3. The lowest BCUT2D eigenvalue weighted by atomic mass is 9.87. The zero-order valence-corrected chi connectivity index (χ0v) is 33.1. The Labute approximate surface area is 312 Å². The third-order valence-electron chi connectivity index (χ3n) is 7.35. The van der Waals surface area contributed by atoms with Crippen molar-refractivity contribution >= 4 is 73.7 Å². The summed E-state index contributed by atoms with van der Waals surface area (Å²) in [5.74, 6) is 0.499. The molecule has 2 aromatic heterocycles. The van der Waals surface area contributed by atoms with Gasteiger partial charge in [-0.3, -0.25) is 27.7 Å². The van der Waals surface area contributed by atoms with Gasteiger partial charge in [0.1, 0.15) is 29.9 Å². The highest BCUT2D eigenvalue weighted by Gasteiger charge is 2.50. The number of imidazole rings is 1. The van der Waals surface area contributed by atoms with E-state index in [1.54, 1.807) is 21.6 Å². The van der Waals surface area contributed by atoms with Gasteiger partial charge in [-0.05, 0) is 12.5 Å². The quantitative estimate of drug-likeness (QED) is 0.0430. The van der Waals surface area contributed by atoms with Crippen molar-refractivity contribution < 1.29 is 75.7 Å². The molecule has 1 saturated heterocycles. The summed E-state index contributed by atoms with van der Waals surface area (Å²) in [7, 11) is -12.9. The van der Waals surface area contributed by atoms with Crippen molar-refractivity contribution in [2.45, 2.75) is 70.7 Å². The average molecular weight is 855 g/mol. The molecule has 0 bridgehead atoms. The molecule has 3 heterocycles. The van der Waals surface area contributed by atoms with Gasteiger partial charge >= 0.3 is 23.5 Å². The summed E-state index contributed by atoms with van der Waals surface area (Å²) in [6.07, 6.45) is -4.10. The van der Waals surface area contributed by atoms with Crippen molar-refractivity contribution in [2.75, 3.05) is 43.5 Å². The van der Waals surface area contributed by atoms with Crippen LogP contribution < -0.4 is 16.4 Å². The van der Waals surface area contributed by atoms with E-state index in [4.69, 9.17) is 19.5 Å². The van der Waals surface area contributed by atoms with Gasteiger partial charge < -0.3 is 50.9 Å². The van der Waals surface area contributed by atoms with Crippen LogP contribution in [-0.4, -0.2) is 118 Å². The predicted octanol–water partition coefficient (Wildman–Crippen LogP) is 1.19. The van der Waals surface area contributed by atoms with E-state index >= 15 is 0 Å². The lowest BCUT2D eigenvalue weighted by Crippen LogP contribution is -2.46. The van der Waals surface area contributed by atoms with E-state index in [9.17, 15) is 53.1 Å². The Morgan fingerprint density at radius 1 is 1.08 bits per heavy atom. The van der Waals surface area contributed by atoms with Gasteiger partial charge in [-0.15, -0.1) is 0 Å². The maximum absolute atomic E-state index is 12.7. The predicted molar refractivity (Wildman–Crippen MR) is 192 cm³/mol. The number of hydrogen-bond acceptors (Lipinski definition) is 17. The number of aromatic nitrogens is 3. The maximum Gasteiger partial charge on any atom is 0.481 e. The number of phosphoric acid groups is 3. The molecule has 0 spiro atoms. The monoisotopic (exact) mass is 854 g/mol. The molecule has 22 nitrogen and oxygen atoms in total. The van der Waals surface area contributed by atoms with E-state index in [1.165, 1.54) is 30.7 Å². The van der Waals surface area contributed by atoms with Crippen LogP contribution in [-0.2, 0) is 45.9 Å². The van der Waals surface area contributed by atoms with Gasteiger partial charge in [0.2, 0.25) is 11.8 Å². The second kappa shape index (κ2) is 19.9. The summed E-state index contributed by atoms with van der Waals surface area (Å²) < 4.78 is 62.2. The number of amides is 2. The number of carbonyl (C=O) groups is 2. The van der Waals surface area contributed by atoms with Crippen LogP contribution in [0, 0.1) is 5.41 Å². The molecule has 27 heteroatoms. The molecule has 1 aliphatic rings. The van der Waals surface area contributed by atoms with Crippen LogP contribution in [0.2, 0.25) is 0 Å². The van der Waals surface area contributed by atoms with E-state index in [0.717, 1.165) is 24.9 Å². The third kappa shape index (κ3) is 14.4. The molecule has 0 radical (unpaired) electrons. The van der Waals surface area contributed by atoms with Crippen molar-refractivity contribution in [1.82, 2.24) is 25.2 Å². The van der Waals surface area contributed by atoms with Crippen LogP contribution in [0.1, 0.15) is 46.3 Å². The largest absolute Gasteiger partial charge is 0.481 e. The first kappa shape index (κ1) is 45.7. The fraction of sp³-hybridized carbons (Fsp3) is 0.692. The molecule has 2 aromatic rings. The van der Waals surface area contributed by atoms with Crippen molar-refractivity contribution in [3.05, 3.63) is 18.6 Å². The number of hydrogen-bond donors (Lipinski definition) is 9. The van der Waals surface area contributed by atoms with Crippen LogP contribution in [0.25, 0.3) is 11.2 Å². The van der Waals surface area contributed by atoms with Crippen LogP contribution in [0.5, 0.6) is 0 Å². The van der Waals surface area contributed by atoms with Gasteiger partial charge in [0.25, 0.3) is 0 Å². The number of nitrogen functional groups attached to an aromatic ring is 1. The van der Waals surface area contributed by atoms with Crippen molar-refractivity contribution in [2.24, 2.45) is 5.41 Å². The first-order valence-electron chi connectivity index (χ1n) is 15.9. The maximum atomic E-state index is 12.7. The molecular weight excluding hydrogens is 809 g/mol. The fourth-order valence-corrected chi connectivity index (χ4v) is 9.54. The van der Waals surface area contributed by atoms with E-state index < -0.39 is 78.6 Å². The number of pyridine rings is 1. The Bertz CT molecular complexity index is 1680. The lowest BCUT2D eigenvalue weighted by molar-refractivity contribution is -0.137. The minimum Gasteiger partial charge on any atom is -0.397 e. The van der Waals surface area contributed by atoms with Gasteiger partial charge in [0.05, 0.1) is 25.2 Å². The van der Waals surface area contributed by atoms with Crippen molar-refractivity contribution in [3.8, 4) is 0 Å². The molecule has 3 rings (SSSR count). The highest BCUT2D eigenvalue weighted by molar-refractivity contribution is 8.76. The Morgan fingerprint density at radius 2 is 1.75 bits per heavy atom. The fourth-order valence-electron chi connectivity index (χ4n) is 4.58. The molecule has 0 saturated carbocycles. The number of fused-ring (bicyclic) bond motifs is 1. The zero-order valence-electron chi connectivity index (χ0n) is 28.8. The lowest BCUT2D eigenvalue weighted by Gasteiger charge is -2.30. The number of ether oxygens (including phenoxy) is 1. The van der Waals surface area contributed by atoms with Crippen LogP contribution >= 0.6 is 45.1 Å². The minimum atomic E-state index is -5.54. The van der Waals surface area contributed by atoms with Gasteiger partial charge in [0.15, 0.2) is 11.9 Å². The highest BCUT2D eigenvalue weighted by atomic mass is 33.1. The summed E-state index contributed by atoms with van der Waals surface area (Å²) >= 11 is 0. The standard InChI is InChI=1S/C26H45N6O16P3S2/c1-4-5-11-52-53-12-10-28-18(33)7-9-30-24(36)22(35)26(2,3)14-45-51(42,43)48-50(40,41)44-13-17-21(47-49(37,38)39)20(34)25(46-17)32-15-31-19-16(27)6-8-29-23(19)32/h6,8,15,17,20-22,25,34-35H,4-5,7,9-14H2,1-3H3,(H2,27,29)(H,28,33)(H,30,36)(H,40,41)(H,42,43)(H2,37,38,39)/t17-,20?,21+,22-,25-/m1/s1. The van der Waals surface area contributed by atoms with Gasteiger partial charge in [-0.2, -0.15) is 4.31 Å². The van der Waals surface area contributed by atoms with E-state index in [1.807, 2.05) is 0 Å². The number of nitrogens with zero attached hydrogens (tertiary/aromatic N) is 3. The third-order valence-corrected chi connectivity index (χ3v) is 12.9. The molecule has 2 amide bonds. The number of unbranched alkanes of at least 4 members (excludes halogenated alkanes) is 1. The molecule has 0 aliphatic carbocycles. The topological polar surface area (TPSA) is 334 Å². The summed E-state index contributed by atoms with van der Waals surface area (Å²) in [6.45, 7) is 3.04. The van der Waals surface area contributed by atoms with E-state index in [-0.39, 0.29) is 35.7 Å². The Morgan fingerprint density at radius 3 is 2.43 bits per heavy atom. The van der Waals surface area contributed by atoms with Crippen molar-refractivity contribution in [1.29, 1.82) is 0 Å².